The van der Waals surface area contributed by atoms with Crippen LogP contribution in [0.1, 0.15) is 33.6 Å². The Hall–Kier alpha value is -0.910. The first-order valence-corrected chi connectivity index (χ1v) is 6.27. The molecule has 6 heteroatoms. The highest BCUT2D eigenvalue weighted by molar-refractivity contribution is 7.94. The molecule has 1 heterocycles. The van der Waals surface area contributed by atoms with Crippen molar-refractivity contribution in [3.8, 4) is 0 Å². The number of sulfonamides is 1. The summed E-state index contributed by atoms with van der Waals surface area (Å²) in [6, 6.07) is 0. The highest BCUT2D eigenvalue weighted by atomic mass is 32.2. The number of amides is 1. The molecule has 0 radical (unpaired) electrons. The second-order valence-corrected chi connectivity index (χ2v) is 6.53. The molecule has 0 aromatic carbocycles. The van der Waals surface area contributed by atoms with Gasteiger partial charge >= 0.3 is 0 Å². The van der Waals surface area contributed by atoms with Crippen molar-refractivity contribution in [1.29, 1.82) is 0 Å². The molecule has 1 saturated heterocycles. The molecule has 5 nitrogen and oxygen atoms in total. The van der Waals surface area contributed by atoms with E-state index >= 15 is 0 Å². The van der Waals surface area contributed by atoms with Crippen LogP contribution in [0.4, 0.5) is 0 Å². The third kappa shape index (κ3) is 1.67. The standard InChI is InChI=1S/C9H15NO4S/c1-4-5-7(11)6-10-8(12)9(2,3)15(10,13)14/h4-6H2,1-3H3. The number of hydrogen-bond acceptors (Lipinski definition) is 4. The molecule has 1 amide bonds. The van der Waals surface area contributed by atoms with Crippen molar-refractivity contribution in [1.82, 2.24) is 4.31 Å². The molecular formula is C9H15NO4S. The van der Waals surface area contributed by atoms with Gasteiger partial charge in [-0.15, -0.1) is 0 Å². The maximum atomic E-state index is 11.6. The molecule has 0 saturated carbocycles. The first-order chi connectivity index (χ1) is 6.75. The summed E-state index contributed by atoms with van der Waals surface area (Å²) in [6.45, 7) is 4.23. The van der Waals surface area contributed by atoms with Crippen LogP contribution in [0.3, 0.4) is 0 Å². The molecule has 0 spiro atoms. The van der Waals surface area contributed by atoms with E-state index in [4.69, 9.17) is 0 Å². The number of hydrogen-bond donors (Lipinski definition) is 0. The number of Topliss-reactive ketones (excluding diaryl/α,β-unsaturated/α-hetero) is 1. The van der Waals surface area contributed by atoms with Gasteiger partial charge in [0.2, 0.25) is 0 Å². The van der Waals surface area contributed by atoms with Crippen LogP contribution in [0.15, 0.2) is 0 Å². The van der Waals surface area contributed by atoms with E-state index in [1.54, 1.807) is 0 Å². The number of carbonyl (C=O) groups is 2. The van der Waals surface area contributed by atoms with Crippen molar-refractivity contribution >= 4 is 21.7 Å². The van der Waals surface area contributed by atoms with Crippen LogP contribution in [0.5, 0.6) is 0 Å². The highest BCUT2D eigenvalue weighted by Crippen LogP contribution is 2.34. The molecule has 15 heavy (non-hydrogen) atoms. The summed E-state index contributed by atoms with van der Waals surface area (Å²) >= 11 is 0. The molecule has 0 N–H and O–H groups in total. The van der Waals surface area contributed by atoms with Gasteiger partial charge in [-0.2, -0.15) is 0 Å². The first kappa shape index (κ1) is 12.2. The molecule has 0 aromatic heterocycles. The zero-order valence-electron chi connectivity index (χ0n) is 9.11. The molecule has 86 valence electrons. The number of nitrogens with zero attached hydrogens (tertiary/aromatic N) is 1. The lowest BCUT2D eigenvalue weighted by Gasteiger charge is -2.42. The fourth-order valence-electron chi connectivity index (χ4n) is 1.43. The van der Waals surface area contributed by atoms with Crippen molar-refractivity contribution in [2.24, 2.45) is 0 Å². The lowest BCUT2D eigenvalue weighted by molar-refractivity contribution is -0.135. The minimum Gasteiger partial charge on any atom is -0.298 e. The zero-order chi connectivity index (χ0) is 11.9. The van der Waals surface area contributed by atoms with Crippen molar-refractivity contribution < 1.29 is 18.0 Å². The van der Waals surface area contributed by atoms with Crippen LogP contribution < -0.4 is 0 Å². The van der Waals surface area contributed by atoms with Gasteiger partial charge < -0.3 is 0 Å². The Morgan fingerprint density at radius 3 is 2.33 bits per heavy atom. The smallest absolute Gasteiger partial charge is 0.259 e. The Labute approximate surface area is 89.5 Å². The summed E-state index contributed by atoms with van der Waals surface area (Å²) in [6.07, 6.45) is 0.962. The second-order valence-electron chi connectivity index (χ2n) is 4.12. The number of ketones is 1. The van der Waals surface area contributed by atoms with Crippen LogP contribution in [0, 0.1) is 0 Å². The average Bonchev–Trinajstić information content (AvgIpc) is 2.13. The third-order valence-corrected chi connectivity index (χ3v) is 4.86. The molecule has 1 rings (SSSR count). The van der Waals surface area contributed by atoms with Gasteiger partial charge in [-0.1, -0.05) is 6.92 Å². The van der Waals surface area contributed by atoms with E-state index < -0.39 is 20.7 Å². The molecule has 0 unspecified atom stereocenters. The number of carbonyl (C=O) groups excluding carboxylic acids is 2. The van der Waals surface area contributed by atoms with Crippen molar-refractivity contribution in [3.05, 3.63) is 0 Å². The monoisotopic (exact) mass is 233 g/mol. The third-order valence-electron chi connectivity index (χ3n) is 2.53. The second kappa shape index (κ2) is 3.59. The van der Waals surface area contributed by atoms with Gasteiger partial charge in [0.1, 0.15) is 0 Å². The van der Waals surface area contributed by atoms with E-state index in [1.165, 1.54) is 13.8 Å². The van der Waals surface area contributed by atoms with Crippen LogP contribution in [0.2, 0.25) is 0 Å². The summed E-state index contributed by atoms with van der Waals surface area (Å²) in [5, 5.41) is 0. The Kier molecular flexibility index (Phi) is 2.91. The van der Waals surface area contributed by atoms with Crippen LogP contribution >= 0.6 is 0 Å². The Morgan fingerprint density at radius 1 is 1.40 bits per heavy atom. The van der Waals surface area contributed by atoms with Crippen molar-refractivity contribution in [2.75, 3.05) is 6.54 Å². The van der Waals surface area contributed by atoms with Gasteiger partial charge in [0.15, 0.2) is 10.5 Å². The summed E-state index contributed by atoms with van der Waals surface area (Å²) < 4.78 is 22.5. The Balaban J connectivity index is 2.76. The van der Waals surface area contributed by atoms with E-state index in [-0.39, 0.29) is 12.3 Å². The molecule has 1 fully saturated rings. The lowest BCUT2D eigenvalue weighted by atomic mass is 10.1. The maximum Gasteiger partial charge on any atom is 0.259 e. The van der Waals surface area contributed by atoms with Crippen LogP contribution in [-0.4, -0.2) is 35.7 Å². The van der Waals surface area contributed by atoms with E-state index in [0.29, 0.717) is 17.1 Å². The minimum atomic E-state index is -3.60. The van der Waals surface area contributed by atoms with Gasteiger partial charge in [0.25, 0.3) is 15.9 Å². The maximum absolute atomic E-state index is 11.6. The molecule has 0 bridgehead atoms. The quantitative estimate of drug-likeness (QED) is 0.700. The average molecular weight is 233 g/mol. The van der Waals surface area contributed by atoms with Gasteiger partial charge in [-0.05, 0) is 20.3 Å². The SMILES string of the molecule is CCCC(=O)CN1C(=O)C(C)(C)S1(=O)=O. The Bertz CT molecular complexity index is 396. The first-order valence-electron chi connectivity index (χ1n) is 4.83. The van der Waals surface area contributed by atoms with E-state index in [2.05, 4.69) is 0 Å². The van der Waals surface area contributed by atoms with E-state index in [1.807, 2.05) is 6.92 Å². The van der Waals surface area contributed by atoms with Crippen LogP contribution in [0.25, 0.3) is 0 Å². The van der Waals surface area contributed by atoms with E-state index in [9.17, 15) is 18.0 Å². The lowest BCUT2D eigenvalue weighted by Crippen LogP contribution is -2.68. The minimum absolute atomic E-state index is 0.218. The Morgan fingerprint density at radius 2 is 1.93 bits per heavy atom. The summed E-state index contributed by atoms with van der Waals surface area (Å²) in [7, 11) is -3.60. The molecule has 0 atom stereocenters. The van der Waals surface area contributed by atoms with Crippen molar-refractivity contribution in [2.45, 2.75) is 38.4 Å². The van der Waals surface area contributed by atoms with Crippen LogP contribution in [-0.2, 0) is 19.6 Å². The molecular weight excluding hydrogens is 218 g/mol. The molecule has 0 aromatic rings. The summed E-state index contributed by atoms with van der Waals surface area (Å²) in [5.74, 6) is -0.711. The van der Waals surface area contributed by atoms with Gasteiger partial charge in [-0.3, -0.25) is 9.59 Å². The normalized spacial score (nSPS) is 22.3. The van der Waals surface area contributed by atoms with Gasteiger partial charge in [-0.25, -0.2) is 12.7 Å². The fraction of sp³-hybridized carbons (Fsp3) is 0.778. The van der Waals surface area contributed by atoms with Gasteiger partial charge in [0.05, 0.1) is 6.54 Å². The van der Waals surface area contributed by atoms with E-state index in [0.717, 1.165) is 0 Å². The highest BCUT2D eigenvalue weighted by Gasteiger charge is 2.60. The molecule has 1 aliphatic heterocycles. The topological polar surface area (TPSA) is 71.5 Å². The molecule has 1 aliphatic rings. The predicted molar refractivity (Wildman–Crippen MR) is 54.6 cm³/mol. The predicted octanol–water partition coefficient (Wildman–Crippen LogP) is 0.306. The van der Waals surface area contributed by atoms with Crippen molar-refractivity contribution in [3.63, 3.8) is 0 Å². The fourth-order valence-corrected chi connectivity index (χ4v) is 2.94. The summed E-state index contributed by atoms with van der Waals surface area (Å²) in [5.41, 5.74) is 0. The number of rotatable bonds is 4. The zero-order valence-corrected chi connectivity index (χ0v) is 9.93. The van der Waals surface area contributed by atoms with Gasteiger partial charge in [0, 0.05) is 6.42 Å². The summed E-state index contributed by atoms with van der Waals surface area (Å²) in [4.78, 5) is 22.7. The largest absolute Gasteiger partial charge is 0.298 e. The molecule has 0 aliphatic carbocycles.